The fourth-order valence-corrected chi connectivity index (χ4v) is 4.49. The van der Waals surface area contributed by atoms with E-state index in [0.717, 1.165) is 39.3 Å². The SMILES string of the molecule is CCCCCN(CCCCC)CCOC(=O)c1cccc(C(=O)OCCN(CCCCC)CCCCC)c1. The van der Waals surface area contributed by atoms with Gasteiger partial charge in [0.1, 0.15) is 13.2 Å². The molecule has 0 saturated heterocycles. The molecule has 1 aromatic rings. The zero-order valence-corrected chi connectivity index (χ0v) is 25.0. The molecule has 0 amide bonds. The average molecular weight is 533 g/mol. The molecule has 0 radical (unpaired) electrons. The molecule has 218 valence electrons. The van der Waals surface area contributed by atoms with Gasteiger partial charge in [-0.3, -0.25) is 9.80 Å². The number of unbranched alkanes of at least 4 members (excludes halogenated alkanes) is 8. The van der Waals surface area contributed by atoms with Gasteiger partial charge in [0.05, 0.1) is 11.1 Å². The van der Waals surface area contributed by atoms with Gasteiger partial charge in [-0.2, -0.15) is 0 Å². The second-order valence-corrected chi connectivity index (χ2v) is 10.4. The fourth-order valence-electron chi connectivity index (χ4n) is 4.49. The second kappa shape index (κ2) is 23.0. The van der Waals surface area contributed by atoms with E-state index in [1.165, 1.54) is 77.0 Å². The summed E-state index contributed by atoms with van der Waals surface area (Å²) in [5.74, 6) is -0.778. The molecule has 0 aromatic heterocycles. The number of ether oxygens (including phenoxy) is 2. The van der Waals surface area contributed by atoms with Crippen LogP contribution in [-0.4, -0.2) is 74.2 Å². The van der Waals surface area contributed by atoms with Gasteiger partial charge in [-0.15, -0.1) is 0 Å². The van der Waals surface area contributed by atoms with Crippen LogP contribution in [0.3, 0.4) is 0 Å². The highest BCUT2D eigenvalue weighted by atomic mass is 16.5. The highest BCUT2D eigenvalue weighted by Crippen LogP contribution is 2.10. The second-order valence-electron chi connectivity index (χ2n) is 10.4. The molecule has 0 saturated carbocycles. The number of carbonyl (C=O) groups is 2. The van der Waals surface area contributed by atoms with Crippen molar-refractivity contribution in [2.75, 3.05) is 52.5 Å². The molecular formula is C32H56N2O4. The Morgan fingerprint density at radius 3 is 1.21 bits per heavy atom. The van der Waals surface area contributed by atoms with Gasteiger partial charge in [-0.25, -0.2) is 9.59 Å². The first-order valence-corrected chi connectivity index (χ1v) is 15.4. The van der Waals surface area contributed by atoms with Crippen molar-refractivity contribution in [2.45, 2.75) is 105 Å². The molecule has 0 bridgehead atoms. The Kier molecular flexibility index (Phi) is 20.7. The molecule has 0 N–H and O–H groups in total. The molecule has 6 nitrogen and oxygen atoms in total. The summed E-state index contributed by atoms with van der Waals surface area (Å²) in [5.41, 5.74) is 0.785. The summed E-state index contributed by atoms with van der Waals surface area (Å²) in [7, 11) is 0. The van der Waals surface area contributed by atoms with E-state index in [4.69, 9.17) is 9.47 Å². The lowest BCUT2D eigenvalue weighted by Crippen LogP contribution is -2.30. The number of carbonyl (C=O) groups excluding carboxylic acids is 2. The lowest BCUT2D eigenvalue weighted by atomic mass is 10.1. The standard InChI is InChI=1S/C32H56N2O4/c1-5-9-13-20-33(21-14-10-6-2)24-26-37-31(35)29-18-17-19-30(28-29)32(36)38-27-25-34(22-15-11-7-3)23-16-12-8-4/h17-19,28H,5-16,20-27H2,1-4H3. The van der Waals surface area contributed by atoms with Crippen molar-refractivity contribution in [3.05, 3.63) is 35.4 Å². The van der Waals surface area contributed by atoms with Crippen LogP contribution < -0.4 is 0 Å². The first kappa shape index (κ1) is 34.1. The Morgan fingerprint density at radius 2 is 0.895 bits per heavy atom. The molecular weight excluding hydrogens is 476 g/mol. The molecule has 0 spiro atoms. The van der Waals surface area contributed by atoms with Crippen LogP contribution in [0.2, 0.25) is 0 Å². The maximum Gasteiger partial charge on any atom is 0.338 e. The first-order chi connectivity index (χ1) is 18.5. The largest absolute Gasteiger partial charge is 0.461 e. The lowest BCUT2D eigenvalue weighted by molar-refractivity contribution is 0.0458. The van der Waals surface area contributed by atoms with E-state index >= 15 is 0 Å². The van der Waals surface area contributed by atoms with Gasteiger partial charge < -0.3 is 9.47 Å². The Hall–Kier alpha value is -1.92. The van der Waals surface area contributed by atoms with Crippen molar-refractivity contribution in [2.24, 2.45) is 0 Å². The fraction of sp³-hybridized carbons (Fsp3) is 0.750. The van der Waals surface area contributed by atoms with E-state index in [1.54, 1.807) is 24.3 Å². The predicted octanol–water partition coefficient (Wildman–Crippen LogP) is 7.37. The van der Waals surface area contributed by atoms with E-state index in [-0.39, 0.29) is 11.9 Å². The molecule has 6 heteroatoms. The zero-order chi connectivity index (χ0) is 27.8. The van der Waals surface area contributed by atoms with Crippen LogP contribution in [0, 0.1) is 0 Å². The van der Waals surface area contributed by atoms with Gasteiger partial charge in [-0.05, 0) is 70.1 Å². The predicted molar refractivity (Wildman–Crippen MR) is 158 cm³/mol. The van der Waals surface area contributed by atoms with Gasteiger partial charge >= 0.3 is 11.9 Å². The first-order valence-electron chi connectivity index (χ1n) is 15.4. The van der Waals surface area contributed by atoms with Gasteiger partial charge in [0.25, 0.3) is 0 Å². The number of benzene rings is 1. The van der Waals surface area contributed by atoms with Crippen LogP contribution in [0.15, 0.2) is 24.3 Å². The third-order valence-electron chi connectivity index (χ3n) is 6.93. The normalized spacial score (nSPS) is 11.3. The molecule has 0 aliphatic heterocycles. The quantitative estimate of drug-likeness (QED) is 0.102. The highest BCUT2D eigenvalue weighted by Gasteiger charge is 2.14. The Morgan fingerprint density at radius 1 is 0.553 bits per heavy atom. The monoisotopic (exact) mass is 532 g/mol. The van der Waals surface area contributed by atoms with Crippen molar-refractivity contribution in [1.82, 2.24) is 9.80 Å². The van der Waals surface area contributed by atoms with Crippen molar-refractivity contribution in [1.29, 1.82) is 0 Å². The molecule has 0 aliphatic carbocycles. The van der Waals surface area contributed by atoms with Gasteiger partial charge in [0.15, 0.2) is 0 Å². The third kappa shape index (κ3) is 16.1. The summed E-state index contributed by atoms with van der Waals surface area (Å²) in [6, 6.07) is 6.70. The van der Waals surface area contributed by atoms with E-state index in [1.807, 2.05) is 0 Å². The van der Waals surface area contributed by atoms with Crippen molar-refractivity contribution in [3.63, 3.8) is 0 Å². The maximum absolute atomic E-state index is 12.7. The zero-order valence-electron chi connectivity index (χ0n) is 25.0. The number of nitrogens with zero attached hydrogens (tertiary/aromatic N) is 2. The molecule has 0 aliphatic rings. The molecule has 0 fully saturated rings. The summed E-state index contributed by atoms with van der Waals surface area (Å²) in [4.78, 5) is 30.2. The Balaban J connectivity index is 2.53. The molecule has 38 heavy (non-hydrogen) atoms. The van der Waals surface area contributed by atoms with Gasteiger partial charge in [0, 0.05) is 13.1 Å². The molecule has 1 aromatic carbocycles. The van der Waals surface area contributed by atoms with E-state index < -0.39 is 0 Å². The third-order valence-corrected chi connectivity index (χ3v) is 6.93. The van der Waals surface area contributed by atoms with Crippen molar-refractivity contribution in [3.8, 4) is 0 Å². The van der Waals surface area contributed by atoms with Crippen LogP contribution in [0.1, 0.15) is 125 Å². The number of hydrogen-bond acceptors (Lipinski definition) is 6. The average Bonchev–Trinajstić information content (AvgIpc) is 2.93. The Labute approximate surface area is 233 Å². The molecule has 0 unspecified atom stereocenters. The molecule has 0 heterocycles. The van der Waals surface area contributed by atoms with Crippen LogP contribution in [-0.2, 0) is 9.47 Å². The van der Waals surface area contributed by atoms with Gasteiger partial charge in [-0.1, -0.05) is 85.1 Å². The highest BCUT2D eigenvalue weighted by molar-refractivity contribution is 5.95. The smallest absolute Gasteiger partial charge is 0.338 e. The number of rotatable bonds is 24. The van der Waals surface area contributed by atoms with E-state index in [9.17, 15) is 9.59 Å². The number of hydrogen-bond donors (Lipinski definition) is 0. The van der Waals surface area contributed by atoms with Crippen molar-refractivity contribution >= 4 is 11.9 Å². The Bertz CT molecular complexity index is 663. The summed E-state index contributed by atoms with van der Waals surface area (Å²) in [6.07, 6.45) is 14.4. The topological polar surface area (TPSA) is 59.1 Å². The number of esters is 2. The lowest BCUT2D eigenvalue weighted by Gasteiger charge is -2.22. The summed E-state index contributed by atoms with van der Waals surface area (Å²) in [6.45, 7) is 15.2. The minimum Gasteiger partial charge on any atom is -0.461 e. The summed E-state index contributed by atoms with van der Waals surface area (Å²) in [5, 5.41) is 0. The molecule has 0 atom stereocenters. The minimum absolute atomic E-state index is 0.359. The summed E-state index contributed by atoms with van der Waals surface area (Å²) < 4.78 is 11.1. The van der Waals surface area contributed by atoms with Gasteiger partial charge in [0.2, 0.25) is 0 Å². The van der Waals surface area contributed by atoms with Crippen LogP contribution in [0.5, 0.6) is 0 Å². The maximum atomic E-state index is 12.7. The van der Waals surface area contributed by atoms with E-state index in [0.29, 0.717) is 24.3 Å². The van der Waals surface area contributed by atoms with Crippen molar-refractivity contribution < 1.29 is 19.1 Å². The minimum atomic E-state index is -0.389. The van der Waals surface area contributed by atoms with Crippen LogP contribution in [0.25, 0.3) is 0 Å². The van der Waals surface area contributed by atoms with Crippen LogP contribution in [0.4, 0.5) is 0 Å². The van der Waals surface area contributed by atoms with Crippen LogP contribution >= 0.6 is 0 Å². The van der Waals surface area contributed by atoms with E-state index in [2.05, 4.69) is 37.5 Å². The summed E-state index contributed by atoms with van der Waals surface area (Å²) >= 11 is 0. The molecule has 1 rings (SSSR count).